The van der Waals surface area contributed by atoms with Gasteiger partial charge in [-0.2, -0.15) is 0 Å². The fourth-order valence-corrected chi connectivity index (χ4v) is 0.985. The van der Waals surface area contributed by atoms with Crippen LogP contribution in [0, 0.1) is 0 Å². The highest BCUT2D eigenvalue weighted by atomic mass is 16.5. The van der Waals surface area contributed by atoms with Crippen LogP contribution in [0.25, 0.3) is 0 Å². The number of rotatable bonds is 5. The quantitative estimate of drug-likeness (QED) is 0.661. The van der Waals surface area contributed by atoms with E-state index < -0.39 is 0 Å². The van der Waals surface area contributed by atoms with Crippen LogP contribution in [0.5, 0.6) is 0 Å². The molecule has 0 atom stereocenters. The first-order chi connectivity index (χ1) is 6.34. The minimum absolute atomic E-state index is 0.0684. The standard InChI is InChI=1S/C9H14N2O2/c1-13-7-3-6-11-9(12)8-4-2-5-10-8/h2,4-5,10H,3,6-7H2,1H3,(H,11,12). The predicted molar refractivity (Wildman–Crippen MR) is 49.6 cm³/mol. The Kier molecular flexibility index (Phi) is 4.05. The third kappa shape index (κ3) is 3.29. The lowest BCUT2D eigenvalue weighted by Crippen LogP contribution is -2.25. The Morgan fingerprint density at radius 1 is 1.69 bits per heavy atom. The second-order valence-corrected chi connectivity index (χ2v) is 2.69. The second kappa shape index (κ2) is 5.37. The summed E-state index contributed by atoms with van der Waals surface area (Å²) in [6, 6.07) is 3.54. The van der Waals surface area contributed by atoms with Crippen LogP contribution in [0.1, 0.15) is 16.9 Å². The Labute approximate surface area is 77.3 Å². The summed E-state index contributed by atoms with van der Waals surface area (Å²) in [5, 5.41) is 2.77. The van der Waals surface area contributed by atoms with Gasteiger partial charge in [0, 0.05) is 26.5 Å². The molecule has 4 nitrogen and oxygen atoms in total. The Hall–Kier alpha value is -1.29. The normalized spacial score (nSPS) is 9.92. The maximum atomic E-state index is 11.3. The van der Waals surface area contributed by atoms with E-state index in [0.29, 0.717) is 18.8 Å². The smallest absolute Gasteiger partial charge is 0.267 e. The molecule has 0 saturated carbocycles. The molecule has 0 unspecified atom stereocenters. The molecule has 1 amide bonds. The summed E-state index contributed by atoms with van der Waals surface area (Å²) in [4.78, 5) is 14.1. The van der Waals surface area contributed by atoms with Crippen LogP contribution in [-0.2, 0) is 4.74 Å². The first-order valence-corrected chi connectivity index (χ1v) is 4.25. The molecular weight excluding hydrogens is 168 g/mol. The van der Waals surface area contributed by atoms with E-state index in [-0.39, 0.29) is 5.91 Å². The van der Waals surface area contributed by atoms with Crippen LogP contribution < -0.4 is 5.32 Å². The van der Waals surface area contributed by atoms with E-state index in [2.05, 4.69) is 10.3 Å². The van der Waals surface area contributed by atoms with Crippen LogP contribution in [0.3, 0.4) is 0 Å². The van der Waals surface area contributed by atoms with E-state index >= 15 is 0 Å². The van der Waals surface area contributed by atoms with Gasteiger partial charge in [0.05, 0.1) is 0 Å². The molecule has 0 aliphatic heterocycles. The van der Waals surface area contributed by atoms with Crippen LogP contribution in [0.4, 0.5) is 0 Å². The van der Waals surface area contributed by atoms with Gasteiger partial charge in [-0.05, 0) is 18.6 Å². The average Bonchev–Trinajstić information content (AvgIpc) is 2.65. The largest absolute Gasteiger partial charge is 0.385 e. The number of aromatic nitrogens is 1. The van der Waals surface area contributed by atoms with Crippen LogP contribution in [-0.4, -0.2) is 31.2 Å². The van der Waals surface area contributed by atoms with Gasteiger partial charge in [0.1, 0.15) is 5.69 Å². The molecule has 2 N–H and O–H groups in total. The number of ether oxygens (including phenoxy) is 1. The molecule has 0 spiro atoms. The molecule has 1 heterocycles. The number of hydrogen-bond donors (Lipinski definition) is 2. The average molecular weight is 182 g/mol. The van der Waals surface area contributed by atoms with Crippen LogP contribution in [0.2, 0.25) is 0 Å². The summed E-state index contributed by atoms with van der Waals surface area (Å²) in [5.74, 6) is -0.0684. The molecule has 1 aromatic heterocycles. The molecule has 0 saturated heterocycles. The minimum Gasteiger partial charge on any atom is -0.385 e. The topological polar surface area (TPSA) is 54.1 Å². The Bertz CT molecular complexity index is 244. The molecule has 0 aromatic carbocycles. The van der Waals surface area contributed by atoms with Crippen molar-refractivity contribution in [2.75, 3.05) is 20.3 Å². The number of amides is 1. The lowest BCUT2D eigenvalue weighted by molar-refractivity contribution is 0.0944. The number of methoxy groups -OCH3 is 1. The first-order valence-electron chi connectivity index (χ1n) is 4.25. The number of carbonyl (C=O) groups excluding carboxylic acids is 1. The number of hydrogen-bond acceptors (Lipinski definition) is 2. The van der Waals surface area contributed by atoms with E-state index in [0.717, 1.165) is 6.42 Å². The molecular formula is C9H14N2O2. The van der Waals surface area contributed by atoms with Crippen molar-refractivity contribution >= 4 is 5.91 Å². The summed E-state index contributed by atoms with van der Waals surface area (Å²) in [5.41, 5.74) is 0.595. The zero-order valence-corrected chi connectivity index (χ0v) is 7.67. The lowest BCUT2D eigenvalue weighted by Gasteiger charge is -2.02. The summed E-state index contributed by atoms with van der Waals surface area (Å²) in [6.07, 6.45) is 2.56. The van der Waals surface area contributed by atoms with Crippen molar-refractivity contribution in [2.24, 2.45) is 0 Å². The van der Waals surface area contributed by atoms with Gasteiger partial charge in [-0.3, -0.25) is 4.79 Å². The summed E-state index contributed by atoms with van der Waals surface area (Å²) in [6.45, 7) is 1.32. The van der Waals surface area contributed by atoms with Crippen LogP contribution in [0.15, 0.2) is 18.3 Å². The van der Waals surface area contributed by atoms with E-state index in [1.54, 1.807) is 25.4 Å². The molecule has 0 aliphatic carbocycles. The van der Waals surface area contributed by atoms with Gasteiger partial charge in [-0.15, -0.1) is 0 Å². The maximum Gasteiger partial charge on any atom is 0.267 e. The fourth-order valence-electron chi connectivity index (χ4n) is 0.985. The van der Waals surface area contributed by atoms with Crippen molar-refractivity contribution in [2.45, 2.75) is 6.42 Å². The molecule has 0 bridgehead atoms. The minimum atomic E-state index is -0.0684. The van der Waals surface area contributed by atoms with Crippen molar-refractivity contribution in [1.82, 2.24) is 10.3 Å². The van der Waals surface area contributed by atoms with E-state index in [1.165, 1.54) is 0 Å². The zero-order valence-electron chi connectivity index (χ0n) is 7.67. The summed E-state index contributed by atoms with van der Waals surface area (Å²) in [7, 11) is 1.65. The highest BCUT2D eigenvalue weighted by Gasteiger charge is 2.03. The third-order valence-electron chi connectivity index (χ3n) is 1.65. The molecule has 13 heavy (non-hydrogen) atoms. The summed E-state index contributed by atoms with van der Waals surface area (Å²) >= 11 is 0. The van der Waals surface area contributed by atoms with E-state index in [4.69, 9.17) is 4.74 Å². The van der Waals surface area contributed by atoms with E-state index in [1.807, 2.05) is 0 Å². The SMILES string of the molecule is COCCCNC(=O)c1ccc[nH]1. The van der Waals surface area contributed by atoms with Gasteiger partial charge in [0.15, 0.2) is 0 Å². The molecule has 72 valence electrons. The predicted octanol–water partition coefficient (Wildman–Crippen LogP) is 0.781. The van der Waals surface area contributed by atoms with Gasteiger partial charge >= 0.3 is 0 Å². The molecule has 0 radical (unpaired) electrons. The third-order valence-corrected chi connectivity index (χ3v) is 1.65. The van der Waals surface area contributed by atoms with Gasteiger partial charge < -0.3 is 15.0 Å². The highest BCUT2D eigenvalue weighted by Crippen LogP contribution is 1.93. The molecule has 0 aliphatic rings. The number of H-pyrrole nitrogens is 1. The summed E-state index contributed by atoms with van der Waals surface area (Å²) < 4.78 is 4.86. The molecule has 1 aromatic rings. The molecule has 0 fully saturated rings. The lowest BCUT2D eigenvalue weighted by atomic mass is 10.4. The van der Waals surface area contributed by atoms with Crippen molar-refractivity contribution < 1.29 is 9.53 Å². The Morgan fingerprint density at radius 3 is 3.15 bits per heavy atom. The van der Waals surface area contributed by atoms with Crippen molar-refractivity contribution in [1.29, 1.82) is 0 Å². The van der Waals surface area contributed by atoms with Gasteiger partial charge in [-0.25, -0.2) is 0 Å². The number of carbonyl (C=O) groups is 1. The van der Waals surface area contributed by atoms with Gasteiger partial charge in [0.2, 0.25) is 0 Å². The highest BCUT2D eigenvalue weighted by molar-refractivity contribution is 5.92. The maximum absolute atomic E-state index is 11.3. The zero-order chi connectivity index (χ0) is 9.52. The van der Waals surface area contributed by atoms with E-state index in [9.17, 15) is 4.79 Å². The van der Waals surface area contributed by atoms with Crippen molar-refractivity contribution in [3.8, 4) is 0 Å². The monoisotopic (exact) mass is 182 g/mol. The number of nitrogens with one attached hydrogen (secondary N) is 2. The molecule has 1 rings (SSSR count). The van der Waals surface area contributed by atoms with Crippen molar-refractivity contribution in [3.05, 3.63) is 24.0 Å². The van der Waals surface area contributed by atoms with Crippen LogP contribution >= 0.6 is 0 Å². The van der Waals surface area contributed by atoms with Gasteiger partial charge in [0.25, 0.3) is 5.91 Å². The Morgan fingerprint density at radius 2 is 2.54 bits per heavy atom. The van der Waals surface area contributed by atoms with Crippen molar-refractivity contribution in [3.63, 3.8) is 0 Å². The number of aromatic amines is 1. The molecule has 4 heteroatoms. The Balaban J connectivity index is 2.19. The second-order valence-electron chi connectivity index (χ2n) is 2.69. The fraction of sp³-hybridized carbons (Fsp3) is 0.444. The van der Waals surface area contributed by atoms with Gasteiger partial charge in [-0.1, -0.05) is 0 Å². The first kappa shape index (κ1) is 9.80.